The topological polar surface area (TPSA) is 0 Å². The van der Waals surface area contributed by atoms with E-state index in [0.717, 1.165) is 0 Å². The van der Waals surface area contributed by atoms with E-state index in [4.69, 9.17) is 11.1 Å². The first kappa shape index (κ1) is 14.7. The van der Waals surface area contributed by atoms with Gasteiger partial charge in [-0.15, -0.1) is 11.1 Å². The monoisotopic (exact) mass is 306 g/mol. The van der Waals surface area contributed by atoms with Crippen molar-refractivity contribution in [1.82, 2.24) is 0 Å². The van der Waals surface area contributed by atoms with Gasteiger partial charge in [0.15, 0.2) is 0 Å². The summed E-state index contributed by atoms with van der Waals surface area (Å²) in [4.78, 5) is 0. The second kappa shape index (κ2) is 6.66. The Balaban J connectivity index is 1.99. The second-order valence-corrected chi connectivity index (χ2v) is 11.5. The van der Waals surface area contributed by atoms with Gasteiger partial charge in [-0.1, -0.05) is 33.8 Å². The summed E-state index contributed by atoms with van der Waals surface area (Å²) in [7, 11) is -1.99. The Bertz CT molecular complexity index is 380. The highest BCUT2D eigenvalue weighted by molar-refractivity contribution is 7.31. The Morgan fingerprint density at radius 1 is 0.600 bits per heavy atom. The molecular formula is C18H27ClSi. The molecule has 0 heterocycles. The Kier molecular flexibility index (Phi) is 4.88. The first-order valence-electron chi connectivity index (χ1n) is 8.59. The van der Waals surface area contributed by atoms with Crippen LogP contribution < -0.4 is 0 Å². The summed E-state index contributed by atoms with van der Waals surface area (Å²) in [5, 5.41) is 4.98. The number of halogens is 1. The minimum absolute atomic E-state index is 1.26. The highest BCUT2D eigenvalue weighted by Crippen LogP contribution is 2.45. The summed E-state index contributed by atoms with van der Waals surface area (Å²) < 4.78 is 0. The van der Waals surface area contributed by atoms with E-state index in [9.17, 15) is 0 Å². The molecule has 0 aromatic carbocycles. The first-order chi connectivity index (χ1) is 9.82. The summed E-state index contributed by atoms with van der Waals surface area (Å²) in [6.07, 6.45) is 23.3. The Morgan fingerprint density at radius 2 is 0.950 bits per heavy atom. The van der Waals surface area contributed by atoms with Crippen molar-refractivity contribution in [3.8, 4) is 0 Å². The lowest BCUT2D eigenvalue weighted by Gasteiger charge is -2.37. The molecule has 0 saturated carbocycles. The molecule has 0 fully saturated rings. The van der Waals surface area contributed by atoms with Crippen molar-refractivity contribution < 1.29 is 0 Å². The molecule has 0 saturated heterocycles. The third-order valence-corrected chi connectivity index (χ3v) is 11.4. The van der Waals surface area contributed by atoms with Crippen LogP contribution in [0.4, 0.5) is 0 Å². The minimum Gasteiger partial charge on any atom is -0.150 e. The van der Waals surface area contributed by atoms with Gasteiger partial charge in [-0.05, 0) is 77.0 Å². The fourth-order valence-electron chi connectivity index (χ4n) is 4.07. The van der Waals surface area contributed by atoms with Crippen LogP contribution in [0.5, 0.6) is 0 Å². The summed E-state index contributed by atoms with van der Waals surface area (Å²) in [6, 6.07) is 0. The van der Waals surface area contributed by atoms with Crippen molar-refractivity contribution in [2.75, 3.05) is 0 Å². The molecule has 20 heavy (non-hydrogen) atoms. The van der Waals surface area contributed by atoms with E-state index in [2.05, 4.69) is 18.2 Å². The third-order valence-electron chi connectivity index (χ3n) is 5.20. The lowest BCUT2D eigenvalue weighted by atomic mass is 10.1. The molecule has 3 aliphatic carbocycles. The number of hydrogen-bond donors (Lipinski definition) is 0. The summed E-state index contributed by atoms with van der Waals surface area (Å²) >= 11 is 7.51. The van der Waals surface area contributed by atoms with E-state index in [-0.39, 0.29) is 0 Å². The predicted octanol–water partition coefficient (Wildman–Crippen LogP) is 6.29. The highest BCUT2D eigenvalue weighted by atomic mass is 35.6. The van der Waals surface area contributed by atoms with E-state index in [1.165, 1.54) is 77.0 Å². The Labute approximate surface area is 129 Å². The molecule has 110 valence electrons. The molecule has 3 aliphatic rings. The largest absolute Gasteiger partial charge is 0.235 e. The smallest absolute Gasteiger partial charge is 0.150 e. The lowest BCUT2D eigenvalue weighted by Crippen LogP contribution is -2.39. The van der Waals surface area contributed by atoms with Gasteiger partial charge in [-0.25, -0.2) is 0 Å². The second-order valence-electron chi connectivity index (χ2n) is 6.58. The molecule has 0 radical (unpaired) electrons. The molecule has 0 bridgehead atoms. The molecule has 0 aromatic rings. The zero-order valence-electron chi connectivity index (χ0n) is 12.6. The third kappa shape index (κ3) is 2.85. The molecule has 0 aliphatic heterocycles. The van der Waals surface area contributed by atoms with Crippen molar-refractivity contribution >= 4 is 18.5 Å². The molecule has 0 aromatic heterocycles. The fraction of sp³-hybridized carbons (Fsp3) is 0.667. The lowest BCUT2D eigenvalue weighted by molar-refractivity contribution is 0.697. The molecule has 0 spiro atoms. The standard InChI is InChI=1S/C18H27ClSi/c19-20(16-10-4-1-5-11-16,17-12-6-2-7-13-17)18-14-8-3-9-15-18/h10,12,14H,1-9,11,13,15H2. The average Bonchev–Trinajstić information content (AvgIpc) is 2.56. The molecule has 0 atom stereocenters. The van der Waals surface area contributed by atoms with Crippen LogP contribution in [0, 0.1) is 0 Å². The first-order valence-corrected chi connectivity index (χ1v) is 11.6. The van der Waals surface area contributed by atoms with Crippen LogP contribution in [0.25, 0.3) is 0 Å². The van der Waals surface area contributed by atoms with Crippen LogP contribution in [0.15, 0.2) is 33.8 Å². The van der Waals surface area contributed by atoms with Crippen molar-refractivity contribution in [3.05, 3.63) is 33.8 Å². The molecule has 3 rings (SSSR count). The maximum Gasteiger partial charge on any atom is 0.235 e. The van der Waals surface area contributed by atoms with Crippen LogP contribution >= 0.6 is 11.1 Å². The van der Waals surface area contributed by atoms with Crippen LogP contribution in [-0.4, -0.2) is 7.38 Å². The van der Waals surface area contributed by atoms with Crippen molar-refractivity contribution in [2.45, 2.75) is 77.0 Å². The van der Waals surface area contributed by atoms with Crippen LogP contribution in [0.3, 0.4) is 0 Å². The van der Waals surface area contributed by atoms with E-state index < -0.39 is 7.38 Å². The van der Waals surface area contributed by atoms with Crippen molar-refractivity contribution in [2.24, 2.45) is 0 Å². The number of allylic oxidation sites excluding steroid dienone is 6. The zero-order valence-corrected chi connectivity index (χ0v) is 14.4. The van der Waals surface area contributed by atoms with Gasteiger partial charge in [0.05, 0.1) is 0 Å². The van der Waals surface area contributed by atoms with E-state index in [0.29, 0.717) is 0 Å². The predicted molar refractivity (Wildman–Crippen MR) is 91.3 cm³/mol. The molecular weight excluding hydrogens is 280 g/mol. The molecule has 0 unspecified atom stereocenters. The molecule has 0 N–H and O–H groups in total. The van der Waals surface area contributed by atoms with Crippen LogP contribution in [-0.2, 0) is 0 Å². The van der Waals surface area contributed by atoms with Gasteiger partial charge in [0, 0.05) is 0 Å². The maximum atomic E-state index is 7.51. The quantitative estimate of drug-likeness (QED) is 0.424. The van der Waals surface area contributed by atoms with Gasteiger partial charge in [0.1, 0.15) is 0 Å². The van der Waals surface area contributed by atoms with Crippen molar-refractivity contribution in [1.29, 1.82) is 0 Å². The highest BCUT2D eigenvalue weighted by Gasteiger charge is 2.43. The van der Waals surface area contributed by atoms with Crippen LogP contribution in [0.1, 0.15) is 77.0 Å². The SMILES string of the molecule is Cl[Si](C1=CCCCC1)(C1=CCCCC1)C1=CCCCC1. The van der Waals surface area contributed by atoms with Gasteiger partial charge < -0.3 is 0 Å². The number of hydrogen-bond acceptors (Lipinski definition) is 0. The molecule has 2 heteroatoms. The van der Waals surface area contributed by atoms with Gasteiger partial charge in [-0.2, -0.15) is 0 Å². The minimum atomic E-state index is -1.99. The van der Waals surface area contributed by atoms with E-state index in [1.807, 2.05) is 0 Å². The van der Waals surface area contributed by atoms with Crippen LogP contribution in [0.2, 0.25) is 0 Å². The normalized spacial score (nSPS) is 24.8. The fourth-order valence-corrected chi connectivity index (χ4v) is 9.69. The summed E-state index contributed by atoms with van der Waals surface area (Å²) in [6.45, 7) is 0. The summed E-state index contributed by atoms with van der Waals surface area (Å²) in [5.74, 6) is 0. The van der Waals surface area contributed by atoms with E-state index in [1.54, 1.807) is 15.6 Å². The van der Waals surface area contributed by atoms with Gasteiger partial charge in [-0.3, -0.25) is 0 Å². The van der Waals surface area contributed by atoms with Gasteiger partial charge in [0.25, 0.3) is 0 Å². The average molecular weight is 307 g/mol. The Hall–Kier alpha value is -0.273. The number of rotatable bonds is 3. The maximum absolute atomic E-state index is 7.51. The molecule has 0 amide bonds. The van der Waals surface area contributed by atoms with Gasteiger partial charge in [0.2, 0.25) is 7.38 Å². The summed E-state index contributed by atoms with van der Waals surface area (Å²) in [5.41, 5.74) is 0. The van der Waals surface area contributed by atoms with Crippen molar-refractivity contribution in [3.63, 3.8) is 0 Å². The van der Waals surface area contributed by atoms with Gasteiger partial charge >= 0.3 is 0 Å². The zero-order chi connectivity index (χ0) is 13.8. The van der Waals surface area contributed by atoms with E-state index >= 15 is 0 Å². The Morgan fingerprint density at radius 3 is 1.20 bits per heavy atom. The molecule has 0 nitrogen and oxygen atoms in total.